The number of rotatable bonds is 6. The molecule has 2 nitrogen and oxygen atoms in total. The molecule has 0 aromatic heterocycles. The monoisotopic (exact) mass is 227 g/mol. The largest absolute Gasteiger partial charge is 0.376 e. The van der Waals surface area contributed by atoms with Crippen LogP contribution in [-0.4, -0.2) is 18.2 Å². The molecule has 1 rings (SSSR count). The molecule has 0 spiro atoms. The van der Waals surface area contributed by atoms with Gasteiger partial charge in [-0.2, -0.15) is 0 Å². The maximum absolute atomic E-state index is 6.28. The second kappa shape index (κ2) is 6.61. The summed E-state index contributed by atoms with van der Waals surface area (Å²) in [6.07, 6.45) is 9.03. The van der Waals surface area contributed by atoms with Gasteiger partial charge in [-0.15, -0.1) is 0 Å². The van der Waals surface area contributed by atoms with E-state index in [1.54, 1.807) is 0 Å². The highest BCUT2D eigenvalue weighted by Crippen LogP contribution is 2.30. The Labute approximate surface area is 101 Å². The first-order chi connectivity index (χ1) is 7.65. The lowest BCUT2D eigenvalue weighted by atomic mass is 9.84. The molecule has 1 aliphatic rings. The smallest absolute Gasteiger partial charge is 0.0649 e. The van der Waals surface area contributed by atoms with Crippen molar-refractivity contribution in [3.8, 4) is 0 Å². The molecule has 16 heavy (non-hydrogen) atoms. The van der Waals surface area contributed by atoms with Crippen molar-refractivity contribution in [1.29, 1.82) is 0 Å². The Morgan fingerprint density at radius 1 is 1.12 bits per heavy atom. The van der Waals surface area contributed by atoms with E-state index in [1.807, 2.05) is 0 Å². The summed E-state index contributed by atoms with van der Waals surface area (Å²) in [4.78, 5) is 0. The Bertz CT molecular complexity index is 189. The third-order valence-electron chi connectivity index (χ3n) is 4.36. The summed E-state index contributed by atoms with van der Waals surface area (Å²) in [5.41, 5.74) is 6.17. The van der Waals surface area contributed by atoms with Crippen molar-refractivity contribution in [2.45, 2.75) is 77.4 Å². The van der Waals surface area contributed by atoms with Crippen molar-refractivity contribution in [3.05, 3.63) is 0 Å². The van der Waals surface area contributed by atoms with E-state index in [0.717, 1.165) is 25.4 Å². The molecular weight excluding hydrogens is 198 g/mol. The maximum Gasteiger partial charge on any atom is 0.0649 e. The van der Waals surface area contributed by atoms with Crippen molar-refractivity contribution < 1.29 is 4.74 Å². The first-order valence-electron chi connectivity index (χ1n) is 7.05. The minimum atomic E-state index is -0.101. The quantitative estimate of drug-likeness (QED) is 0.754. The highest BCUT2D eigenvalue weighted by atomic mass is 16.5. The predicted octanol–water partition coefficient (Wildman–Crippen LogP) is 3.49. The molecule has 0 aliphatic heterocycles. The molecule has 0 saturated heterocycles. The predicted molar refractivity (Wildman–Crippen MR) is 69.5 cm³/mol. The molecule has 0 heterocycles. The summed E-state index contributed by atoms with van der Waals surface area (Å²) < 4.78 is 6.11. The summed E-state index contributed by atoms with van der Waals surface area (Å²) >= 11 is 0. The Kier molecular flexibility index (Phi) is 5.77. The van der Waals surface area contributed by atoms with E-state index in [1.165, 1.54) is 32.1 Å². The van der Waals surface area contributed by atoms with E-state index in [9.17, 15) is 0 Å². The summed E-state index contributed by atoms with van der Waals surface area (Å²) in [5.74, 6) is 0.770. The molecule has 2 atom stereocenters. The van der Waals surface area contributed by atoms with Gasteiger partial charge in [0.05, 0.1) is 12.7 Å². The lowest BCUT2D eigenvalue weighted by molar-refractivity contribution is -0.0353. The topological polar surface area (TPSA) is 35.2 Å². The summed E-state index contributed by atoms with van der Waals surface area (Å²) in [5, 5.41) is 0. The first kappa shape index (κ1) is 14.0. The van der Waals surface area contributed by atoms with Crippen LogP contribution in [0.1, 0.15) is 65.7 Å². The lowest BCUT2D eigenvalue weighted by Crippen LogP contribution is -2.45. The van der Waals surface area contributed by atoms with Crippen LogP contribution in [0.2, 0.25) is 0 Å². The molecule has 2 unspecified atom stereocenters. The molecule has 0 radical (unpaired) electrons. The van der Waals surface area contributed by atoms with Gasteiger partial charge in [0, 0.05) is 5.54 Å². The zero-order valence-corrected chi connectivity index (χ0v) is 11.3. The van der Waals surface area contributed by atoms with Gasteiger partial charge in [-0.25, -0.2) is 0 Å². The second-order valence-corrected chi connectivity index (χ2v) is 5.37. The average Bonchev–Trinajstić information content (AvgIpc) is 2.36. The number of ether oxygens (including phenoxy) is 1. The highest BCUT2D eigenvalue weighted by Gasteiger charge is 2.28. The Morgan fingerprint density at radius 3 is 2.31 bits per heavy atom. The molecule has 1 aliphatic carbocycles. The minimum absolute atomic E-state index is 0.101. The maximum atomic E-state index is 6.28. The molecule has 0 bridgehead atoms. The van der Waals surface area contributed by atoms with E-state index in [4.69, 9.17) is 10.5 Å². The molecule has 0 aromatic carbocycles. The van der Waals surface area contributed by atoms with Gasteiger partial charge >= 0.3 is 0 Å². The van der Waals surface area contributed by atoms with Crippen LogP contribution < -0.4 is 5.73 Å². The number of hydrogen-bond acceptors (Lipinski definition) is 2. The van der Waals surface area contributed by atoms with Crippen LogP contribution in [0, 0.1) is 5.92 Å². The van der Waals surface area contributed by atoms with Crippen molar-refractivity contribution in [3.63, 3.8) is 0 Å². The van der Waals surface area contributed by atoms with Gasteiger partial charge in [-0.05, 0) is 31.6 Å². The van der Waals surface area contributed by atoms with Crippen molar-refractivity contribution in [2.24, 2.45) is 11.7 Å². The molecule has 1 fully saturated rings. The van der Waals surface area contributed by atoms with Crippen LogP contribution >= 0.6 is 0 Å². The van der Waals surface area contributed by atoms with E-state index in [2.05, 4.69) is 20.8 Å². The standard InChI is InChI=1S/C14H29NO/c1-4-12-9-7-8-10-13(12)16-11-14(15,5-2)6-3/h12-13H,4-11,15H2,1-3H3. The second-order valence-electron chi connectivity index (χ2n) is 5.37. The van der Waals surface area contributed by atoms with Crippen LogP contribution in [0.15, 0.2) is 0 Å². The van der Waals surface area contributed by atoms with Gasteiger partial charge in [0.1, 0.15) is 0 Å². The third kappa shape index (κ3) is 3.74. The van der Waals surface area contributed by atoms with Crippen LogP contribution in [-0.2, 0) is 4.74 Å². The Morgan fingerprint density at radius 2 is 1.75 bits per heavy atom. The van der Waals surface area contributed by atoms with E-state index >= 15 is 0 Å². The third-order valence-corrected chi connectivity index (χ3v) is 4.36. The van der Waals surface area contributed by atoms with Gasteiger partial charge in [-0.1, -0.05) is 40.0 Å². The van der Waals surface area contributed by atoms with E-state index in [-0.39, 0.29) is 5.54 Å². The summed E-state index contributed by atoms with van der Waals surface area (Å²) in [6.45, 7) is 7.33. The summed E-state index contributed by atoms with van der Waals surface area (Å²) in [6, 6.07) is 0. The first-order valence-corrected chi connectivity index (χ1v) is 7.05. The van der Waals surface area contributed by atoms with Crippen LogP contribution in [0.4, 0.5) is 0 Å². The van der Waals surface area contributed by atoms with Crippen LogP contribution in [0.5, 0.6) is 0 Å². The normalized spacial score (nSPS) is 27.0. The number of hydrogen-bond donors (Lipinski definition) is 1. The molecule has 2 heteroatoms. The number of nitrogens with two attached hydrogens (primary N) is 1. The van der Waals surface area contributed by atoms with E-state index in [0.29, 0.717) is 6.10 Å². The van der Waals surface area contributed by atoms with Gasteiger partial charge in [-0.3, -0.25) is 0 Å². The fraction of sp³-hybridized carbons (Fsp3) is 1.00. The van der Waals surface area contributed by atoms with Crippen molar-refractivity contribution in [1.82, 2.24) is 0 Å². The van der Waals surface area contributed by atoms with Crippen molar-refractivity contribution in [2.75, 3.05) is 6.61 Å². The molecule has 96 valence electrons. The molecule has 0 aromatic rings. The average molecular weight is 227 g/mol. The van der Waals surface area contributed by atoms with Gasteiger partial charge in [0.15, 0.2) is 0 Å². The van der Waals surface area contributed by atoms with Crippen LogP contribution in [0.25, 0.3) is 0 Å². The Balaban J connectivity index is 2.40. The van der Waals surface area contributed by atoms with Crippen molar-refractivity contribution >= 4 is 0 Å². The molecule has 0 amide bonds. The molecular formula is C14H29NO. The zero-order chi connectivity index (χ0) is 12.0. The van der Waals surface area contributed by atoms with Crippen LogP contribution in [0.3, 0.4) is 0 Å². The van der Waals surface area contributed by atoms with Gasteiger partial charge in [0.2, 0.25) is 0 Å². The molecule has 2 N–H and O–H groups in total. The van der Waals surface area contributed by atoms with E-state index < -0.39 is 0 Å². The SMILES string of the molecule is CCC1CCCCC1OCC(N)(CC)CC. The molecule has 1 saturated carbocycles. The minimum Gasteiger partial charge on any atom is -0.376 e. The highest BCUT2D eigenvalue weighted by molar-refractivity contribution is 4.83. The summed E-state index contributed by atoms with van der Waals surface area (Å²) in [7, 11) is 0. The lowest BCUT2D eigenvalue weighted by Gasteiger charge is -2.35. The zero-order valence-electron chi connectivity index (χ0n) is 11.3. The Hall–Kier alpha value is -0.0800. The fourth-order valence-corrected chi connectivity index (χ4v) is 2.59. The van der Waals surface area contributed by atoms with Gasteiger partial charge in [0.25, 0.3) is 0 Å². The fourth-order valence-electron chi connectivity index (χ4n) is 2.59. The van der Waals surface area contributed by atoms with Gasteiger partial charge < -0.3 is 10.5 Å².